The number of rotatable bonds is 2. The van der Waals surface area contributed by atoms with Crippen molar-refractivity contribution in [2.75, 3.05) is 31.9 Å². The molecule has 0 aromatic heterocycles. The Morgan fingerprint density at radius 1 is 1.10 bits per heavy atom. The number of anilines is 1. The molecule has 20 heavy (non-hydrogen) atoms. The summed E-state index contributed by atoms with van der Waals surface area (Å²) in [5.74, 6) is 0.153. The van der Waals surface area contributed by atoms with Crippen molar-refractivity contribution in [1.82, 2.24) is 9.80 Å². The smallest absolute Gasteiger partial charge is 0.227 e. The number of carbonyl (C=O) groups is 2. The maximum atomic E-state index is 12.3. The summed E-state index contributed by atoms with van der Waals surface area (Å²) < 4.78 is 0. The quantitative estimate of drug-likeness (QED) is 0.815. The first-order valence-corrected chi connectivity index (χ1v) is 6.94. The number of hydrogen-bond acceptors (Lipinski definition) is 3. The van der Waals surface area contributed by atoms with E-state index in [1.165, 1.54) is 0 Å². The molecule has 0 bridgehead atoms. The average Bonchev–Trinajstić information content (AvgIpc) is 2.67. The third kappa shape index (κ3) is 3.50. The van der Waals surface area contributed by atoms with Crippen LogP contribution in [0.1, 0.15) is 18.9 Å². The minimum Gasteiger partial charge on any atom is -0.398 e. The SMILES string of the molecule is CC(=O)N1CCCN(C(=O)Cc2ccccc2N)CC1. The third-order valence-corrected chi connectivity index (χ3v) is 3.69. The van der Waals surface area contributed by atoms with E-state index in [-0.39, 0.29) is 11.8 Å². The highest BCUT2D eigenvalue weighted by Gasteiger charge is 2.20. The molecule has 5 heteroatoms. The molecule has 1 saturated heterocycles. The van der Waals surface area contributed by atoms with Crippen LogP contribution >= 0.6 is 0 Å². The summed E-state index contributed by atoms with van der Waals surface area (Å²) in [4.78, 5) is 27.3. The van der Waals surface area contributed by atoms with Crippen LogP contribution in [0.4, 0.5) is 5.69 Å². The topological polar surface area (TPSA) is 66.6 Å². The molecule has 2 amide bonds. The molecule has 1 aromatic rings. The van der Waals surface area contributed by atoms with Crippen LogP contribution in [0, 0.1) is 0 Å². The fraction of sp³-hybridized carbons (Fsp3) is 0.467. The lowest BCUT2D eigenvalue weighted by molar-refractivity contribution is -0.132. The molecule has 0 spiro atoms. The highest BCUT2D eigenvalue weighted by molar-refractivity contribution is 5.80. The predicted molar refractivity (Wildman–Crippen MR) is 78.0 cm³/mol. The van der Waals surface area contributed by atoms with E-state index < -0.39 is 0 Å². The largest absolute Gasteiger partial charge is 0.398 e. The van der Waals surface area contributed by atoms with Gasteiger partial charge in [0.2, 0.25) is 11.8 Å². The summed E-state index contributed by atoms with van der Waals surface area (Å²) in [7, 11) is 0. The number of nitrogens with zero attached hydrogens (tertiary/aromatic N) is 2. The van der Waals surface area contributed by atoms with Gasteiger partial charge in [-0.25, -0.2) is 0 Å². The Morgan fingerprint density at radius 2 is 1.75 bits per heavy atom. The molecule has 5 nitrogen and oxygen atoms in total. The van der Waals surface area contributed by atoms with Gasteiger partial charge in [0.25, 0.3) is 0 Å². The van der Waals surface area contributed by atoms with Crippen LogP contribution in [-0.2, 0) is 16.0 Å². The standard InChI is InChI=1S/C15H21N3O2/c1-12(19)17-7-4-8-18(10-9-17)15(20)11-13-5-2-3-6-14(13)16/h2-3,5-6H,4,7-11,16H2,1H3. The lowest BCUT2D eigenvalue weighted by Gasteiger charge is -2.21. The zero-order chi connectivity index (χ0) is 14.5. The van der Waals surface area contributed by atoms with Gasteiger partial charge in [-0.15, -0.1) is 0 Å². The summed E-state index contributed by atoms with van der Waals surface area (Å²) in [5, 5.41) is 0. The fourth-order valence-electron chi connectivity index (χ4n) is 2.45. The van der Waals surface area contributed by atoms with E-state index in [1.807, 2.05) is 29.2 Å². The van der Waals surface area contributed by atoms with Gasteiger partial charge in [-0.1, -0.05) is 18.2 Å². The summed E-state index contributed by atoms with van der Waals surface area (Å²) in [5.41, 5.74) is 7.39. The van der Waals surface area contributed by atoms with Crippen molar-refractivity contribution in [2.45, 2.75) is 19.8 Å². The number of carbonyl (C=O) groups excluding carboxylic acids is 2. The van der Waals surface area contributed by atoms with E-state index in [9.17, 15) is 9.59 Å². The van der Waals surface area contributed by atoms with Crippen LogP contribution in [-0.4, -0.2) is 47.8 Å². The monoisotopic (exact) mass is 275 g/mol. The van der Waals surface area contributed by atoms with Gasteiger partial charge in [-0.05, 0) is 18.1 Å². The van der Waals surface area contributed by atoms with Gasteiger partial charge < -0.3 is 15.5 Å². The third-order valence-electron chi connectivity index (χ3n) is 3.69. The molecule has 1 heterocycles. The summed E-state index contributed by atoms with van der Waals surface area (Å²) in [6.07, 6.45) is 1.16. The molecule has 1 aliphatic rings. The Kier molecular flexibility index (Phi) is 4.61. The van der Waals surface area contributed by atoms with Gasteiger partial charge in [0.15, 0.2) is 0 Å². The number of hydrogen-bond donors (Lipinski definition) is 1. The van der Waals surface area contributed by atoms with Gasteiger partial charge >= 0.3 is 0 Å². The Labute approximate surface area is 119 Å². The zero-order valence-corrected chi connectivity index (χ0v) is 11.8. The zero-order valence-electron chi connectivity index (χ0n) is 11.8. The average molecular weight is 275 g/mol. The summed E-state index contributed by atoms with van der Waals surface area (Å²) in [6, 6.07) is 7.44. The van der Waals surface area contributed by atoms with Crippen LogP contribution in [0.2, 0.25) is 0 Å². The second kappa shape index (κ2) is 6.41. The van der Waals surface area contributed by atoms with E-state index in [0.717, 1.165) is 18.5 Å². The molecule has 2 rings (SSSR count). The first-order chi connectivity index (χ1) is 9.58. The van der Waals surface area contributed by atoms with Crippen LogP contribution < -0.4 is 5.73 Å². The summed E-state index contributed by atoms with van der Waals surface area (Å²) in [6.45, 7) is 4.22. The summed E-state index contributed by atoms with van der Waals surface area (Å²) >= 11 is 0. The van der Waals surface area contributed by atoms with Crippen molar-refractivity contribution < 1.29 is 9.59 Å². The number of amides is 2. The molecule has 1 fully saturated rings. The molecular weight excluding hydrogens is 254 g/mol. The van der Waals surface area contributed by atoms with Crippen LogP contribution in [0.15, 0.2) is 24.3 Å². The maximum absolute atomic E-state index is 12.3. The highest BCUT2D eigenvalue weighted by atomic mass is 16.2. The van der Waals surface area contributed by atoms with E-state index in [4.69, 9.17) is 5.73 Å². The van der Waals surface area contributed by atoms with E-state index in [1.54, 1.807) is 11.8 Å². The first-order valence-electron chi connectivity index (χ1n) is 6.94. The minimum absolute atomic E-state index is 0.0756. The number of nitrogen functional groups attached to an aromatic ring is 1. The Bertz CT molecular complexity index is 502. The van der Waals surface area contributed by atoms with E-state index >= 15 is 0 Å². The number of benzene rings is 1. The van der Waals surface area contributed by atoms with Crippen LogP contribution in [0.5, 0.6) is 0 Å². The van der Waals surface area contributed by atoms with Crippen molar-refractivity contribution in [3.05, 3.63) is 29.8 Å². The predicted octanol–water partition coefficient (Wildman–Crippen LogP) is 0.892. The highest BCUT2D eigenvalue weighted by Crippen LogP contribution is 2.13. The lowest BCUT2D eigenvalue weighted by Crippen LogP contribution is -2.37. The van der Waals surface area contributed by atoms with Crippen molar-refractivity contribution in [3.63, 3.8) is 0 Å². The molecule has 0 aliphatic carbocycles. The number of nitrogens with two attached hydrogens (primary N) is 1. The number of para-hydroxylation sites is 1. The van der Waals surface area contributed by atoms with E-state index in [0.29, 0.717) is 31.7 Å². The lowest BCUT2D eigenvalue weighted by atomic mass is 10.1. The maximum Gasteiger partial charge on any atom is 0.227 e. The van der Waals surface area contributed by atoms with Gasteiger partial charge in [-0.2, -0.15) is 0 Å². The molecular formula is C15H21N3O2. The van der Waals surface area contributed by atoms with Gasteiger partial charge in [0.1, 0.15) is 0 Å². The molecule has 1 aliphatic heterocycles. The second-order valence-corrected chi connectivity index (χ2v) is 5.12. The van der Waals surface area contributed by atoms with Crippen LogP contribution in [0.3, 0.4) is 0 Å². The van der Waals surface area contributed by atoms with Crippen LogP contribution in [0.25, 0.3) is 0 Å². The molecule has 1 aromatic carbocycles. The van der Waals surface area contributed by atoms with Crippen molar-refractivity contribution in [2.24, 2.45) is 0 Å². The minimum atomic E-state index is 0.0756. The Morgan fingerprint density at radius 3 is 2.45 bits per heavy atom. The Balaban J connectivity index is 1.96. The molecule has 0 atom stereocenters. The van der Waals surface area contributed by atoms with Crippen molar-refractivity contribution in [1.29, 1.82) is 0 Å². The molecule has 108 valence electrons. The molecule has 0 unspecified atom stereocenters. The van der Waals surface area contributed by atoms with E-state index in [2.05, 4.69) is 0 Å². The van der Waals surface area contributed by atoms with Crippen molar-refractivity contribution >= 4 is 17.5 Å². The van der Waals surface area contributed by atoms with Gasteiger partial charge in [-0.3, -0.25) is 9.59 Å². The molecule has 0 saturated carbocycles. The normalized spacial score (nSPS) is 15.8. The fourth-order valence-corrected chi connectivity index (χ4v) is 2.45. The Hall–Kier alpha value is -2.04. The van der Waals surface area contributed by atoms with Crippen molar-refractivity contribution in [3.8, 4) is 0 Å². The molecule has 2 N–H and O–H groups in total. The molecule has 0 radical (unpaired) electrons. The second-order valence-electron chi connectivity index (χ2n) is 5.12. The van der Waals surface area contributed by atoms with Gasteiger partial charge in [0.05, 0.1) is 6.42 Å². The van der Waals surface area contributed by atoms with Gasteiger partial charge in [0, 0.05) is 38.8 Å². The first kappa shape index (κ1) is 14.4.